The Bertz CT molecular complexity index is 2360. The van der Waals surface area contributed by atoms with Gasteiger partial charge in [-0.3, -0.25) is 0 Å². The van der Waals surface area contributed by atoms with Gasteiger partial charge in [0.25, 0.3) is 6.71 Å². The summed E-state index contributed by atoms with van der Waals surface area (Å²) in [5.74, 6) is 0. The highest BCUT2D eigenvalue weighted by Crippen LogP contribution is 2.48. The summed E-state index contributed by atoms with van der Waals surface area (Å²) < 4.78 is 2.76. The first kappa shape index (κ1) is 38.0. The standard InChI is InChI=1S/C50H59BN2S/c1-16-33(47(4,5)6)18-17-32(3)52-40-30-36(50(13,14)15)21-25-39(40)51-44-41(52)27-31(2)28-42(44)53(37-23-19-34(20-24-37)48(7,8)9)45-38-29-35(49(10,11)12)22-26-43(38)54-46(45)51/h16-30H,1H2,2-15H3/b32-17+,33-18+. The first-order valence-corrected chi connectivity index (χ1v) is 20.5. The number of fused-ring (bicyclic) bond motifs is 6. The fourth-order valence-electron chi connectivity index (χ4n) is 8.22. The number of aryl methyl sites for hydroxylation is 1. The van der Waals surface area contributed by atoms with Gasteiger partial charge in [-0.2, -0.15) is 0 Å². The summed E-state index contributed by atoms with van der Waals surface area (Å²) in [4.78, 5) is 5.14. The fourth-order valence-corrected chi connectivity index (χ4v) is 9.51. The first-order chi connectivity index (χ1) is 25.1. The number of allylic oxidation sites excluding steroid dienone is 5. The van der Waals surface area contributed by atoms with Crippen molar-refractivity contribution in [2.45, 2.75) is 113 Å². The van der Waals surface area contributed by atoms with Crippen LogP contribution in [-0.2, 0) is 16.2 Å². The molecule has 4 aromatic carbocycles. The van der Waals surface area contributed by atoms with Crippen LogP contribution >= 0.6 is 11.3 Å². The lowest BCUT2D eigenvalue weighted by molar-refractivity contribution is 0.517. The minimum absolute atomic E-state index is 0.00118. The number of nitrogens with zero attached hydrogens (tertiary/aromatic N) is 2. The lowest BCUT2D eigenvalue weighted by Gasteiger charge is -2.44. The van der Waals surface area contributed by atoms with Gasteiger partial charge in [0.2, 0.25) is 0 Å². The van der Waals surface area contributed by atoms with Gasteiger partial charge in [0.05, 0.1) is 5.69 Å². The molecule has 2 nitrogen and oxygen atoms in total. The van der Waals surface area contributed by atoms with Crippen LogP contribution in [0.5, 0.6) is 0 Å². The summed E-state index contributed by atoms with van der Waals surface area (Å²) in [5, 5.41) is 1.34. The third-order valence-corrected chi connectivity index (χ3v) is 12.7. The summed E-state index contributed by atoms with van der Waals surface area (Å²) in [6, 6.07) is 28.7. The minimum Gasteiger partial charge on any atom is -0.315 e. The van der Waals surface area contributed by atoms with E-state index in [9.17, 15) is 0 Å². The van der Waals surface area contributed by atoms with Crippen LogP contribution in [0.4, 0.5) is 28.4 Å². The SMILES string of the molecule is C=C/C(=C\C=C(/C)N1c2cc(C(C)(C)C)ccc2B2c3sc4ccc(C(C)(C)C)cc4c3N(c3ccc(C(C)(C)C)cc3)c3cc(C)cc1c32)C(C)(C)C. The second-order valence-corrected chi connectivity index (χ2v) is 20.9. The van der Waals surface area contributed by atoms with Crippen molar-refractivity contribution >= 4 is 72.3 Å². The van der Waals surface area contributed by atoms with Gasteiger partial charge in [0.1, 0.15) is 0 Å². The number of hydrogen-bond donors (Lipinski definition) is 0. The van der Waals surface area contributed by atoms with Crippen molar-refractivity contribution < 1.29 is 0 Å². The van der Waals surface area contributed by atoms with E-state index < -0.39 is 0 Å². The van der Waals surface area contributed by atoms with E-state index in [1.807, 2.05) is 17.4 Å². The van der Waals surface area contributed by atoms with E-state index in [2.05, 4.69) is 198 Å². The molecule has 4 heteroatoms. The van der Waals surface area contributed by atoms with Crippen molar-refractivity contribution in [2.75, 3.05) is 9.80 Å². The van der Waals surface area contributed by atoms with Crippen LogP contribution in [0, 0.1) is 12.3 Å². The highest BCUT2D eigenvalue weighted by molar-refractivity contribution is 7.33. The lowest BCUT2D eigenvalue weighted by Crippen LogP contribution is -2.60. The molecule has 1 aromatic heterocycles. The fraction of sp³-hybridized carbons (Fsp3) is 0.360. The Balaban J connectivity index is 1.59. The molecular formula is C50H59BN2S. The average Bonchev–Trinajstić information content (AvgIpc) is 3.44. The summed E-state index contributed by atoms with van der Waals surface area (Å²) in [5.41, 5.74) is 16.9. The zero-order chi connectivity index (χ0) is 39.3. The zero-order valence-electron chi connectivity index (χ0n) is 35.2. The zero-order valence-corrected chi connectivity index (χ0v) is 36.1. The second-order valence-electron chi connectivity index (χ2n) is 19.8. The van der Waals surface area contributed by atoms with Crippen molar-refractivity contribution in [1.82, 2.24) is 0 Å². The van der Waals surface area contributed by atoms with E-state index >= 15 is 0 Å². The van der Waals surface area contributed by atoms with E-state index in [0.717, 1.165) is 0 Å². The average molecular weight is 731 g/mol. The minimum atomic E-state index is -0.00118. The summed E-state index contributed by atoms with van der Waals surface area (Å²) in [7, 11) is 0. The maximum atomic E-state index is 4.18. The van der Waals surface area contributed by atoms with Crippen molar-refractivity contribution in [3.8, 4) is 0 Å². The smallest absolute Gasteiger partial charge is 0.264 e. The number of anilines is 5. The predicted molar refractivity (Wildman–Crippen MR) is 242 cm³/mol. The number of rotatable bonds is 4. The molecule has 2 aliphatic rings. The Kier molecular flexibility index (Phi) is 9.09. The van der Waals surface area contributed by atoms with Crippen LogP contribution in [-0.4, -0.2) is 6.71 Å². The van der Waals surface area contributed by atoms with Gasteiger partial charge in [0.15, 0.2) is 0 Å². The van der Waals surface area contributed by atoms with Gasteiger partial charge in [-0.1, -0.05) is 132 Å². The lowest BCUT2D eigenvalue weighted by atomic mass is 9.36. The van der Waals surface area contributed by atoms with Gasteiger partial charge in [-0.25, -0.2) is 0 Å². The Labute approximate surface area is 330 Å². The van der Waals surface area contributed by atoms with Crippen LogP contribution in [0.25, 0.3) is 10.1 Å². The molecule has 0 spiro atoms. The number of hydrogen-bond acceptors (Lipinski definition) is 3. The Morgan fingerprint density at radius 2 is 1.24 bits per heavy atom. The molecule has 7 rings (SSSR count). The van der Waals surface area contributed by atoms with Gasteiger partial charge in [0, 0.05) is 43.3 Å². The van der Waals surface area contributed by atoms with Crippen LogP contribution in [0.2, 0.25) is 0 Å². The Morgan fingerprint density at radius 3 is 1.83 bits per heavy atom. The van der Waals surface area contributed by atoms with Crippen LogP contribution in [0.15, 0.2) is 109 Å². The largest absolute Gasteiger partial charge is 0.315 e. The molecule has 0 unspecified atom stereocenters. The van der Waals surface area contributed by atoms with E-state index in [0.29, 0.717) is 0 Å². The van der Waals surface area contributed by atoms with Crippen LogP contribution < -0.4 is 25.5 Å². The predicted octanol–water partition coefficient (Wildman–Crippen LogP) is 12.9. The normalized spacial score (nSPS) is 15.0. The molecule has 0 amide bonds. The molecule has 0 bridgehead atoms. The van der Waals surface area contributed by atoms with Gasteiger partial charge in [-0.05, 0) is 123 Å². The van der Waals surface area contributed by atoms with E-state index in [-0.39, 0.29) is 28.4 Å². The van der Waals surface area contributed by atoms with E-state index in [4.69, 9.17) is 0 Å². The first-order valence-electron chi connectivity index (χ1n) is 19.7. The molecule has 0 N–H and O–H groups in total. The highest BCUT2D eigenvalue weighted by atomic mass is 32.1. The van der Waals surface area contributed by atoms with E-state index in [1.165, 1.54) is 87.7 Å². The molecule has 5 aromatic rings. The monoisotopic (exact) mass is 730 g/mol. The molecular weight excluding hydrogens is 671 g/mol. The summed E-state index contributed by atoms with van der Waals surface area (Å²) >= 11 is 1.98. The molecule has 2 aliphatic heterocycles. The molecule has 278 valence electrons. The number of thiophene rings is 1. The van der Waals surface area contributed by atoms with E-state index in [1.54, 1.807) is 0 Å². The van der Waals surface area contributed by atoms with Crippen molar-refractivity contribution in [3.63, 3.8) is 0 Å². The van der Waals surface area contributed by atoms with Crippen molar-refractivity contribution in [2.24, 2.45) is 5.41 Å². The molecule has 0 fully saturated rings. The maximum absolute atomic E-state index is 4.18. The Hall–Kier alpha value is -4.28. The van der Waals surface area contributed by atoms with Crippen molar-refractivity contribution in [3.05, 3.63) is 131 Å². The third-order valence-electron chi connectivity index (χ3n) is 11.5. The van der Waals surface area contributed by atoms with Gasteiger partial charge < -0.3 is 9.80 Å². The van der Waals surface area contributed by atoms with Crippen molar-refractivity contribution in [1.29, 1.82) is 0 Å². The Morgan fingerprint density at radius 1 is 0.667 bits per heavy atom. The molecule has 0 radical (unpaired) electrons. The number of benzene rings is 4. The van der Waals surface area contributed by atoms with Gasteiger partial charge >= 0.3 is 0 Å². The quantitative estimate of drug-likeness (QED) is 0.132. The second kappa shape index (κ2) is 12.9. The van der Waals surface area contributed by atoms with Crippen LogP contribution in [0.3, 0.4) is 0 Å². The maximum Gasteiger partial charge on any atom is 0.264 e. The molecule has 54 heavy (non-hydrogen) atoms. The summed E-state index contributed by atoms with van der Waals surface area (Å²) in [6.07, 6.45) is 6.58. The third kappa shape index (κ3) is 6.49. The summed E-state index contributed by atoms with van der Waals surface area (Å²) in [6.45, 7) is 36.4. The van der Waals surface area contributed by atoms with Crippen LogP contribution in [0.1, 0.15) is 112 Å². The highest BCUT2D eigenvalue weighted by Gasteiger charge is 2.45. The molecule has 0 saturated carbocycles. The molecule has 0 aliphatic carbocycles. The van der Waals surface area contributed by atoms with Gasteiger partial charge in [-0.15, -0.1) is 11.3 Å². The molecule has 0 saturated heterocycles. The topological polar surface area (TPSA) is 6.48 Å². The molecule has 0 atom stereocenters. The molecule has 3 heterocycles.